The molecule has 0 spiro atoms. The summed E-state index contributed by atoms with van der Waals surface area (Å²) in [6, 6.07) is -0.682. The maximum absolute atomic E-state index is 12.6. The van der Waals surface area contributed by atoms with E-state index in [0.29, 0.717) is 6.42 Å². The summed E-state index contributed by atoms with van der Waals surface area (Å²) in [7, 11) is 1.54. The van der Waals surface area contributed by atoms with Gasteiger partial charge in [-0.1, -0.05) is 6.92 Å². The Morgan fingerprint density at radius 3 is 1.96 bits per heavy atom. The van der Waals surface area contributed by atoms with Crippen LogP contribution in [0.1, 0.15) is 61.3 Å². The summed E-state index contributed by atoms with van der Waals surface area (Å²) in [4.78, 5) is 26.5. The van der Waals surface area contributed by atoms with E-state index in [1.54, 1.807) is 27.9 Å². The number of likely N-dealkylation sites (tertiary alicyclic amines) is 1. The number of amides is 1. The van der Waals surface area contributed by atoms with E-state index in [4.69, 9.17) is 14.2 Å². The summed E-state index contributed by atoms with van der Waals surface area (Å²) in [5, 5.41) is 0. The third kappa shape index (κ3) is 5.37. The fraction of sp³-hybridized carbons (Fsp3) is 0.882. The molecule has 0 aromatic heterocycles. The summed E-state index contributed by atoms with van der Waals surface area (Å²) >= 11 is 0. The number of nitrogens with zero attached hydrogens (tertiary/aromatic N) is 1. The summed E-state index contributed by atoms with van der Waals surface area (Å²) in [5.74, 6) is -0.341. The molecule has 1 unspecified atom stereocenters. The number of methoxy groups -OCH3 is 1. The summed E-state index contributed by atoms with van der Waals surface area (Å²) in [5.41, 5.74) is -1.25. The molecule has 1 aliphatic rings. The van der Waals surface area contributed by atoms with Gasteiger partial charge in [0.05, 0.1) is 0 Å². The number of esters is 1. The lowest BCUT2D eigenvalue weighted by Gasteiger charge is -2.32. The zero-order valence-corrected chi connectivity index (χ0v) is 15.6. The van der Waals surface area contributed by atoms with Crippen LogP contribution < -0.4 is 0 Å². The van der Waals surface area contributed by atoms with E-state index < -0.39 is 35.5 Å². The van der Waals surface area contributed by atoms with E-state index in [0.717, 1.165) is 6.42 Å². The first-order valence-electron chi connectivity index (χ1n) is 8.16. The zero-order chi connectivity index (χ0) is 18.0. The molecule has 0 N–H and O–H groups in total. The highest BCUT2D eigenvalue weighted by Gasteiger charge is 2.49. The molecule has 1 rings (SSSR count). The lowest BCUT2D eigenvalue weighted by Crippen LogP contribution is -2.49. The van der Waals surface area contributed by atoms with Crippen molar-refractivity contribution < 1.29 is 23.8 Å². The van der Waals surface area contributed by atoms with Gasteiger partial charge in [0.25, 0.3) is 0 Å². The SMILES string of the molecule is CC[C@@H]1C[C@@H](C(=O)OC(C)(C)C)N(C(=O)OC(C)(C)C)C1OC. The molecule has 1 amide bonds. The Morgan fingerprint density at radius 1 is 1.04 bits per heavy atom. The number of carbonyl (C=O) groups is 2. The average molecular weight is 329 g/mol. The van der Waals surface area contributed by atoms with Crippen molar-refractivity contribution in [3.05, 3.63) is 0 Å². The molecular formula is C17H31NO5. The highest BCUT2D eigenvalue weighted by Crippen LogP contribution is 2.35. The predicted octanol–water partition coefficient (Wildman–Crippen LogP) is 3.34. The summed E-state index contributed by atoms with van der Waals surface area (Å²) in [6.45, 7) is 12.8. The van der Waals surface area contributed by atoms with Crippen LogP contribution >= 0.6 is 0 Å². The second-order valence-corrected chi connectivity index (χ2v) is 7.97. The number of rotatable bonds is 3. The van der Waals surface area contributed by atoms with Gasteiger partial charge in [0.2, 0.25) is 0 Å². The molecule has 0 saturated carbocycles. The first-order chi connectivity index (χ1) is 10.4. The largest absolute Gasteiger partial charge is 0.458 e. The first-order valence-corrected chi connectivity index (χ1v) is 8.16. The van der Waals surface area contributed by atoms with Crippen molar-refractivity contribution in [1.29, 1.82) is 0 Å². The summed E-state index contributed by atoms with van der Waals surface area (Å²) in [6.07, 6.45) is 0.295. The Kier molecular flexibility index (Phi) is 6.07. The summed E-state index contributed by atoms with van der Waals surface area (Å²) < 4.78 is 16.4. The van der Waals surface area contributed by atoms with Crippen LogP contribution in [0.3, 0.4) is 0 Å². The van der Waals surface area contributed by atoms with Crippen LogP contribution in [-0.4, -0.2) is 47.5 Å². The smallest absolute Gasteiger partial charge is 0.413 e. The van der Waals surface area contributed by atoms with Gasteiger partial charge in [-0.05, 0) is 54.4 Å². The minimum atomic E-state index is -0.682. The molecule has 0 aromatic carbocycles. The monoisotopic (exact) mass is 329 g/mol. The van der Waals surface area contributed by atoms with E-state index in [2.05, 4.69) is 0 Å². The molecule has 0 radical (unpaired) electrons. The van der Waals surface area contributed by atoms with Gasteiger partial charge >= 0.3 is 12.1 Å². The van der Waals surface area contributed by atoms with Gasteiger partial charge in [0.15, 0.2) is 0 Å². The second-order valence-electron chi connectivity index (χ2n) is 7.97. The molecule has 134 valence electrons. The van der Waals surface area contributed by atoms with Gasteiger partial charge in [-0.3, -0.25) is 4.90 Å². The van der Waals surface area contributed by atoms with Crippen LogP contribution in [0, 0.1) is 5.92 Å². The van der Waals surface area contributed by atoms with Gasteiger partial charge in [-0.25, -0.2) is 9.59 Å². The first kappa shape index (κ1) is 19.7. The minimum absolute atomic E-state index is 0.0741. The van der Waals surface area contributed by atoms with Crippen LogP contribution in [0.5, 0.6) is 0 Å². The quantitative estimate of drug-likeness (QED) is 0.743. The Balaban J connectivity index is 3.05. The number of carbonyl (C=O) groups excluding carboxylic acids is 2. The van der Waals surface area contributed by atoms with Crippen LogP contribution in [-0.2, 0) is 19.0 Å². The Labute approximate surface area is 139 Å². The van der Waals surface area contributed by atoms with Crippen molar-refractivity contribution in [3.63, 3.8) is 0 Å². The fourth-order valence-electron chi connectivity index (χ4n) is 2.72. The topological polar surface area (TPSA) is 65.1 Å². The van der Waals surface area contributed by atoms with E-state index in [1.165, 1.54) is 4.90 Å². The number of hydrogen-bond acceptors (Lipinski definition) is 5. The number of ether oxygens (including phenoxy) is 3. The minimum Gasteiger partial charge on any atom is -0.458 e. The predicted molar refractivity (Wildman–Crippen MR) is 86.9 cm³/mol. The zero-order valence-electron chi connectivity index (χ0n) is 15.6. The molecular weight excluding hydrogens is 298 g/mol. The van der Waals surface area contributed by atoms with Gasteiger partial charge in [-0.2, -0.15) is 0 Å². The third-order valence-electron chi connectivity index (χ3n) is 3.59. The highest BCUT2D eigenvalue weighted by molar-refractivity contribution is 5.82. The van der Waals surface area contributed by atoms with E-state index >= 15 is 0 Å². The molecule has 1 aliphatic heterocycles. The maximum atomic E-state index is 12.6. The van der Waals surface area contributed by atoms with Crippen LogP contribution in [0.15, 0.2) is 0 Å². The highest BCUT2D eigenvalue weighted by atomic mass is 16.6. The second kappa shape index (κ2) is 7.07. The molecule has 1 fully saturated rings. The molecule has 23 heavy (non-hydrogen) atoms. The molecule has 3 atom stereocenters. The molecule has 0 bridgehead atoms. The standard InChI is InChI=1S/C17H31NO5/c1-9-11-10-12(14(19)22-16(2,3)4)18(13(11)21-8)15(20)23-17(5,6)7/h11-13H,9-10H2,1-8H3/t11-,12+,13?/m1/s1. The molecule has 0 aromatic rings. The maximum Gasteiger partial charge on any atom is 0.413 e. The average Bonchev–Trinajstić information content (AvgIpc) is 2.73. The van der Waals surface area contributed by atoms with E-state index in [-0.39, 0.29) is 5.92 Å². The molecule has 6 heteroatoms. The normalized spacial score (nSPS) is 25.4. The number of hydrogen-bond donors (Lipinski definition) is 0. The Hall–Kier alpha value is -1.30. The van der Waals surface area contributed by atoms with Crippen LogP contribution in [0.4, 0.5) is 4.79 Å². The fourth-order valence-corrected chi connectivity index (χ4v) is 2.72. The van der Waals surface area contributed by atoms with Crippen LogP contribution in [0.25, 0.3) is 0 Å². The van der Waals surface area contributed by atoms with Crippen molar-refractivity contribution in [3.8, 4) is 0 Å². The molecule has 6 nitrogen and oxygen atoms in total. The van der Waals surface area contributed by atoms with Crippen molar-refractivity contribution in [2.45, 2.75) is 84.8 Å². The Morgan fingerprint density at radius 2 is 1.57 bits per heavy atom. The Bertz CT molecular complexity index is 435. The van der Waals surface area contributed by atoms with Crippen molar-refractivity contribution >= 4 is 12.1 Å². The lowest BCUT2D eigenvalue weighted by molar-refractivity contribution is -0.162. The van der Waals surface area contributed by atoms with Crippen molar-refractivity contribution in [2.24, 2.45) is 5.92 Å². The third-order valence-corrected chi connectivity index (χ3v) is 3.59. The van der Waals surface area contributed by atoms with Crippen molar-refractivity contribution in [1.82, 2.24) is 4.90 Å². The van der Waals surface area contributed by atoms with Crippen molar-refractivity contribution in [2.75, 3.05) is 7.11 Å². The van der Waals surface area contributed by atoms with E-state index in [9.17, 15) is 9.59 Å². The van der Waals surface area contributed by atoms with Gasteiger partial charge in [-0.15, -0.1) is 0 Å². The van der Waals surface area contributed by atoms with Gasteiger partial charge in [0, 0.05) is 13.0 Å². The van der Waals surface area contributed by atoms with E-state index in [1.807, 2.05) is 27.7 Å². The van der Waals surface area contributed by atoms with Gasteiger partial charge < -0.3 is 14.2 Å². The molecule has 0 aliphatic carbocycles. The molecule has 1 heterocycles. The van der Waals surface area contributed by atoms with Crippen LogP contribution in [0.2, 0.25) is 0 Å². The lowest BCUT2D eigenvalue weighted by atomic mass is 10.0. The van der Waals surface area contributed by atoms with Gasteiger partial charge in [0.1, 0.15) is 23.5 Å². The molecule has 1 saturated heterocycles.